The Balaban J connectivity index is 2.20. The van der Waals surface area contributed by atoms with Crippen molar-refractivity contribution in [3.05, 3.63) is 0 Å². The van der Waals surface area contributed by atoms with E-state index in [9.17, 15) is 4.39 Å². The van der Waals surface area contributed by atoms with Gasteiger partial charge >= 0.3 is 0 Å². The van der Waals surface area contributed by atoms with E-state index in [0.717, 1.165) is 19.5 Å². The minimum atomic E-state index is -0.152. The van der Waals surface area contributed by atoms with Crippen LogP contribution in [0.1, 0.15) is 19.3 Å². The summed E-state index contributed by atoms with van der Waals surface area (Å²) in [5.74, 6) is 0. The number of halogens is 2. The zero-order chi connectivity index (χ0) is 8.10. The molecule has 0 amide bonds. The molecule has 0 radical (unpaired) electrons. The minimum Gasteiger partial charge on any atom is -0.298 e. The molecule has 1 aliphatic rings. The largest absolute Gasteiger partial charge is 0.298 e. The highest BCUT2D eigenvalue weighted by Crippen LogP contribution is 2.17. The first-order valence-corrected chi connectivity index (χ1v) is 5.77. The fourth-order valence-electron chi connectivity index (χ4n) is 1.63. The van der Waals surface area contributed by atoms with E-state index in [2.05, 4.69) is 27.5 Å². The summed E-state index contributed by atoms with van der Waals surface area (Å²) in [4.78, 5) is 2.29. The summed E-state index contributed by atoms with van der Waals surface area (Å²) in [5, 5.41) is 0. The average molecular weight is 271 g/mol. The molecular weight excluding hydrogens is 256 g/mol. The van der Waals surface area contributed by atoms with Crippen LogP contribution in [0.25, 0.3) is 0 Å². The van der Waals surface area contributed by atoms with Crippen LogP contribution >= 0.6 is 22.6 Å². The molecule has 1 atom stereocenters. The maximum atomic E-state index is 12.3. The normalized spacial score (nSPS) is 26.2. The van der Waals surface area contributed by atoms with E-state index in [-0.39, 0.29) is 12.7 Å². The molecule has 0 aliphatic carbocycles. The summed E-state index contributed by atoms with van der Waals surface area (Å²) in [5.41, 5.74) is 0. The highest BCUT2D eigenvalue weighted by atomic mass is 127. The molecule has 66 valence electrons. The second-order valence-electron chi connectivity index (χ2n) is 3.03. The highest BCUT2D eigenvalue weighted by molar-refractivity contribution is 14.1. The van der Waals surface area contributed by atoms with Crippen molar-refractivity contribution in [3.63, 3.8) is 0 Å². The number of rotatable bonds is 4. The number of alkyl halides is 2. The van der Waals surface area contributed by atoms with Crippen molar-refractivity contribution in [3.8, 4) is 0 Å². The molecule has 1 aliphatic heterocycles. The predicted molar refractivity (Wildman–Crippen MR) is 54.1 cm³/mol. The van der Waals surface area contributed by atoms with E-state index in [1.54, 1.807) is 0 Å². The lowest BCUT2D eigenvalue weighted by Crippen LogP contribution is -2.31. The van der Waals surface area contributed by atoms with E-state index in [0.29, 0.717) is 0 Å². The molecule has 1 rings (SSSR count). The van der Waals surface area contributed by atoms with Gasteiger partial charge < -0.3 is 0 Å². The zero-order valence-electron chi connectivity index (χ0n) is 6.73. The molecule has 0 saturated carbocycles. The van der Waals surface area contributed by atoms with Gasteiger partial charge in [0.1, 0.15) is 6.67 Å². The van der Waals surface area contributed by atoms with Crippen molar-refractivity contribution in [1.82, 2.24) is 4.90 Å². The van der Waals surface area contributed by atoms with Crippen molar-refractivity contribution in [1.29, 1.82) is 0 Å². The molecule has 0 aromatic rings. The Bertz CT molecular complexity index is 110. The Morgan fingerprint density at radius 3 is 3.00 bits per heavy atom. The maximum absolute atomic E-state index is 12.3. The van der Waals surface area contributed by atoms with Gasteiger partial charge in [0.2, 0.25) is 0 Å². The van der Waals surface area contributed by atoms with Crippen LogP contribution in [0, 0.1) is 0 Å². The van der Waals surface area contributed by atoms with Crippen LogP contribution in [0.15, 0.2) is 0 Å². The van der Waals surface area contributed by atoms with Crippen molar-refractivity contribution in [2.75, 3.05) is 24.2 Å². The quantitative estimate of drug-likeness (QED) is 0.560. The second kappa shape index (κ2) is 5.30. The van der Waals surface area contributed by atoms with Gasteiger partial charge in [-0.1, -0.05) is 22.6 Å². The Morgan fingerprint density at radius 1 is 1.55 bits per heavy atom. The van der Waals surface area contributed by atoms with Gasteiger partial charge in [-0.05, 0) is 32.4 Å². The third-order valence-corrected chi connectivity index (χ3v) is 3.02. The number of likely N-dealkylation sites (tertiary alicyclic amines) is 1. The van der Waals surface area contributed by atoms with Crippen LogP contribution in [0.2, 0.25) is 0 Å². The fraction of sp³-hybridized carbons (Fsp3) is 1.00. The van der Waals surface area contributed by atoms with Gasteiger partial charge in [-0.15, -0.1) is 0 Å². The molecule has 1 unspecified atom stereocenters. The van der Waals surface area contributed by atoms with Gasteiger partial charge in [0.25, 0.3) is 0 Å². The van der Waals surface area contributed by atoms with Gasteiger partial charge in [0.05, 0.1) is 0 Å². The standard InChI is InChI=1S/C8H15FIN/c9-7-8-3-1-5-11(8)6-2-4-10/h8H,1-7H2. The fourth-order valence-corrected chi connectivity index (χ4v) is 1.97. The average Bonchev–Trinajstić information content (AvgIpc) is 2.47. The summed E-state index contributed by atoms with van der Waals surface area (Å²) in [6.07, 6.45) is 3.46. The first-order chi connectivity index (χ1) is 5.38. The van der Waals surface area contributed by atoms with Gasteiger partial charge in [0, 0.05) is 10.5 Å². The molecule has 0 bridgehead atoms. The summed E-state index contributed by atoms with van der Waals surface area (Å²) >= 11 is 2.37. The molecular formula is C8H15FIN. The van der Waals surface area contributed by atoms with Crippen LogP contribution in [0.5, 0.6) is 0 Å². The molecule has 1 heterocycles. The van der Waals surface area contributed by atoms with E-state index in [1.807, 2.05) is 0 Å². The van der Waals surface area contributed by atoms with Crippen LogP contribution in [-0.4, -0.2) is 35.1 Å². The SMILES string of the molecule is FCC1CCCN1CCCI. The van der Waals surface area contributed by atoms with Crippen LogP contribution in [-0.2, 0) is 0 Å². The molecule has 1 nitrogen and oxygen atoms in total. The lowest BCUT2D eigenvalue weighted by Gasteiger charge is -2.20. The maximum Gasteiger partial charge on any atom is 0.105 e. The lowest BCUT2D eigenvalue weighted by atomic mass is 10.2. The Morgan fingerprint density at radius 2 is 2.36 bits per heavy atom. The highest BCUT2D eigenvalue weighted by Gasteiger charge is 2.22. The predicted octanol–water partition coefficient (Wildman–Crippen LogP) is 2.25. The van der Waals surface area contributed by atoms with E-state index in [4.69, 9.17) is 0 Å². The van der Waals surface area contributed by atoms with Crippen molar-refractivity contribution in [2.45, 2.75) is 25.3 Å². The Kier molecular flexibility index (Phi) is 4.67. The minimum absolute atomic E-state index is 0.152. The van der Waals surface area contributed by atoms with Crippen molar-refractivity contribution < 1.29 is 4.39 Å². The molecule has 0 N–H and O–H groups in total. The number of hydrogen-bond donors (Lipinski definition) is 0. The molecule has 1 fully saturated rings. The summed E-state index contributed by atoms with van der Waals surface area (Å²) in [7, 11) is 0. The molecule has 0 aromatic heterocycles. The van der Waals surface area contributed by atoms with E-state index in [1.165, 1.54) is 17.3 Å². The van der Waals surface area contributed by atoms with Crippen LogP contribution in [0.3, 0.4) is 0 Å². The van der Waals surface area contributed by atoms with Gasteiger partial charge in [0.15, 0.2) is 0 Å². The summed E-state index contributed by atoms with van der Waals surface area (Å²) < 4.78 is 13.5. The topological polar surface area (TPSA) is 3.24 Å². The van der Waals surface area contributed by atoms with Crippen LogP contribution in [0.4, 0.5) is 4.39 Å². The summed E-state index contributed by atoms with van der Waals surface area (Å²) in [6, 6.07) is 0.248. The number of hydrogen-bond acceptors (Lipinski definition) is 1. The first kappa shape index (κ1) is 9.71. The summed E-state index contributed by atoms with van der Waals surface area (Å²) in [6.45, 7) is 2.06. The molecule has 0 spiro atoms. The third-order valence-electron chi connectivity index (χ3n) is 2.26. The monoisotopic (exact) mass is 271 g/mol. The van der Waals surface area contributed by atoms with Gasteiger partial charge in [-0.25, -0.2) is 4.39 Å². The van der Waals surface area contributed by atoms with Gasteiger partial charge in [-0.3, -0.25) is 4.90 Å². The zero-order valence-corrected chi connectivity index (χ0v) is 8.89. The molecule has 11 heavy (non-hydrogen) atoms. The van der Waals surface area contributed by atoms with Crippen molar-refractivity contribution >= 4 is 22.6 Å². The molecule has 0 aromatic carbocycles. The lowest BCUT2D eigenvalue weighted by molar-refractivity contribution is 0.216. The Hall–Kier alpha value is 0.620. The molecule has 1 saturated heterocycles. The van der Waals surface area contributed by atoms with Crippen LogP contribution < -0.4 is 0 Å². The smallest absolute Gasteiger partial charge is 0.105 e. The van der Waals surface area contributed by atoms with Gasteiger partial charge in [-0.2, -0.15) is 0 Å². The van der Waals surface area contributed by atoms with E-state index < -0.39 is 0 Å². The third kappa shape index (κ3) is 2.86. The number of nitrogens with zero attached hydrogens (tertiary/aromatic N) is 1. The first-order valence-electron chi connectivity index (χ1n) is 4.24. The van der Waals surface area contributed by atoms with Crippen molar-refractivity contribution in [2.24, 2.45) is 0 Å². The van der Waals surface area contributed by atoms with E-state index >= 15 is 0 Å². The Labute approximate surface area is 81.5 Å². The molecule has 3 heteroatoms. The second-order valence-corrected chi connectivity index (χ2v) is 4.11.